The van der Waals surface area contributed by atoms with Gasteiger partial charge in [-0.15, -0.1) is 0 Å². The highest BCUT2D eigenvalue weighted by Crippen LogP contribution is 2.55. The fourth-order valence-corrected chi connectivity index (χ4v) is 5.32. The minimum absolute atomic E-state index is 0.160. The van der Waals surface area contributed by atoms with Gasteiger partial charge in [-0.3, -0.25) is 9.69 Å². The Hall–Kier alpha value is -2.86. The lowest BCUT2D eigenvalue weighted by molar-refractivity contribution is -0.151. The largest absolute Gasteiger partial charge is 0.496 e. The molecule has 0 aromatic heterocycles. The summed E-state index contributed by atoms with van der Waals surface area (Å²) >= 11 is 0. The Morgan fingerprint density at radius 1 is 1.21 bits per heavy atom. The summed E-state index contributed by atoms with van der Waals surface area (Å²) in [6.07, 6.45) is 1.40. The van der Waals surface area contributed by atoms with E-state index in [1.165, 1.54) is 5.56 Å². The molecule has 3 N–H and O–H groups in total. The van der Waals surface area contributed by atoms with Gasteiger partial charge in [-0.1, -0.05) is 48.5 Å². The van der Waals surface area contributed by atoms with E-state index in [1.54, 1.807) is 7.11 Å². The number of carbonyl (C=O) groups is 1. The summed E-state index contributed by atoms with van der Waals surface area (Å²) in [6, 6.07) is 17.9. The summed E-state index contributed by atoms with van der Waals surface area (Å²) in [5.74, 6) is 5.30. The Balaban J connectivity index is 1.76. The molecule has 6 heteroatoms. The van der Waals surface area contributed by atoms with Gasteiger partial charge in [0.2, 0.25) is 0 Å². The van der Waals surface area contributed by atoms with Gasteiger partial charge in [0.25, 0.3) is 0 Å². The SMILES string of the molecule is COc1ccccc1C1CCC(=NN)C2CN(Cc3ccccc3)CC21C(=O)O. The van der Waals surface area contributed by atoms with Crippen LogP contribution in [0.5, 0.6) is 5.75 Å². The molecule has 1 saturated carbocycles. The average molecular weight is 393 g/mol. The summed E-state index contributed by atoms with van der Waals surface area (Å²) in [5, 5.41) is 14.6. The molecule has 0 radical (unpaired) electrons. The molecule has 4 rings (SSSR count). The molecule has 29 heavy (non-hydrogen) atoms. The minimum Gasteiger partial charge on any atom is -0.496 e. The number of carboxylic acid groups (broad SMARTS) is 1. The van der Waals surface area contributed by atoms with Crippen LogP contribution in [0, 0.1) is 11.3 Å². The number of ether oxygens (including phenoxy) is 1. The van der Waals surface area contributed by atoms with E-state index in [1.807, 2.05) is 42.5 Å². The van der Waals surface area contributed by atoms with E-state index in [9.17, 15) is 9.90 Å². The molecule has 3 atom stereocenters. The number of para-hydroxylation sites is 1. The summed E-state index contributed by atoms with van der Waals surface area (Å²) in [5.41, 5.74) is 1.97. The maximum Gasteiger partial charge on any atom is 0.312 e. The quantitative estimate of drug-likeness (QED) is 0.602. The highest BCUT2D eigenvalue weighted by molar-refractivity contribution is 5.95. The van der Waals surface area contributed by atoms with Crippen LogP contribution in [-0.4, -0.2) is 41.9 Å². The van der Waals surface area contributed by atoms with Crippen molar-refractivity contribution in [3.05, 3.63) is 65.7 Å². The van der Waals surface area contributed by atoms with Crippen LogP contribution >= 0.6 is 0 Å². The van der Waals surface area contributed by atoms with Crippen molar-refractivity contribution >= 4 is 11.7 Å². The first-order chi connectivity index (χ1) is 14.1. The third kappa shape index (κ3) is 3.27. The van der Waals surface area contributed by atoms with E-state index < -0.39 is 11.4 Å². The zero-order chi connectivity index (χ0) is 20.4. The molecule has 6 nitrogen and oxygen atoms in total. The fraction of sp³-hybridized carbons (Fsp3) is 0.391. The van der Waals surface area contributed by atoms with Gasteiger partial charge in [0.15, 0.2) is 0 Å². The van der Waals surface area contributed by atoms with Gasteiger partial charge in [-0.05, 0) is 30.0 Å². The average Bonchev–Trinajstić information content (AvgIpc) is 3.14. The number of aliphatic carboxylic acids is 1. The molecule has 2 fully saturated rings. The number of hydrazone groups is 1. The number of nitrogens with zero attached hydrogens (tertiary/aromatic N) is 2. The first kappa shape index (κ1) is 19.5. The first-order valence-electron chi connectivity index (χ1n) is 9.99. The summed E-state index contributed by atoms with van der Waals surface area (Å²) in [4.78, 5) is 15.1. The molecule has 3 unspecified atom stereocenters. The molecule has 1 saturated heterocycles. The zero-order valence-corrected chi connectivity index (χ0v) is 16.6. The van der Waals surface area contributed by atoms with Gasteiger partial charge in [0, 0.05) is 37.2 Å². The highest BCUT2D eigenvalue weighted by Gasteiger charge is 2.61. The lowest BCUT2D eigenvalue weighted by atomic mass is 9.59. The Labute approximate surface area is 171 Å². The molecule has 1 aliphatic heterocycles. The predicted octanol–water partition coefficient (Wildman–Crippen LogP) is 3.09. The Bertz CT molecular complexity index is 915. The van der Waals surface area contributed by atoms with E-state index in [-0.39, 0.29) is 11.8 Å². The summed E-state index contributed by atoms with van der Waals surface area (Å²) in [6.45, 7) is 1.81. The number of hydrogen-bond donors (Lipinski definition) is 2. The zero-order valence-electron chi connectivity index (χ0n) is 16.6. The van der Waals surface area contributed by atoms with Gasteiger partial charge in [0.1, 0.15) is 5.75 Å². The normalized spacial score (nSPS) is 28.2. The van der Waals surface area contributed by atoms with Crippen molar-refractivity contribution < 1.29 is 14.6 Å². The van der Waals surface area contributed by atoms with E-state index in [2.05, 4.69) is 22.1 Å². The molecular weight excluding hydrogens is 366 g/mol. The topological polar surface area (TPSA) is 88.2 Å². The summed E-state index contributed by atoms with van der Waals surface area (Å²) < 4.78 is 5.59. The highest BCUT2D eigenvalue weighted by atomic mass is 16.5. The molecule has 0 amide bonds. The first-order valence-corrected chi connectivity index (χ1v) is 9.99. The van der Waals surface area contributed by atoms with Gasteiger partial charge >= 0.3 is 5.97 Å². The number of methoxy groups -OCH3 is 1. The number of rotatable bonds is 5. The van der Waals surface area contributed by atoms with Crippen molar-refractivity contribution in [2.24, 2.45) is 22.3 Å². The van der Waals surface area contributed by atoms with Crippen LogP contribution in [0.25, 0.3) is 0 Å². The third-order valence-corrected chi connectivity index (χ3v) is 6.59. The molecule has 2 aliphatic rings. The van der Waals surface area contributed by atoms with Crippen molar-refractivity contribution in [1.82, 2.24) is 4.90 Å². The van der Waals surface area contributed by atoms with E-state index in [0.717, 1.165) is 17.0 Å². The number of likely N-dealkylation sites (tertiary alicyclic amines) is 1. The number of benzene rings is 2. The number of nitrogens with two attached hydrogens (primary N) is 1. The molecule has 2 aromatic rings. The van der Waals surface area contributed by atoms with Gasteiger partial charge < -0.3 is 15.7 Å². The predicted molar refractivity (Wildman–Crippen MR) is 112 cm³/mol. The lowest BCUT2D eigenvalue weighted by Crippen LogP contribution is -2.50. The third-order valence-electron chi connectivity index (χ3n) is 6.59. The van der Waals surface area contributed by atoms with Gasteiger partial charge in [-0.25, -0.2) is 0 Å². The Kier molecular flexibility index (Phi) is 5.28. The molecular formula is C23H27N3O3. The molecule has 0 bridgehead atoms. The van der Waals surface area contributed by atoms with Gasteiger partial charge in [-0.2, -0.15) is 5.10 Å². The number of hydrogen-bond acceptors (Lipinski definition) is 5. The minimum atomic E-state index is -0.972. The van der Waals surface area contributed by atoms with Crippen molar-refractivity contribution in [3.63, 3.8) is 0 Å². The van der Waals surface area contributed by atoms with Gasteiger partial charge in [0.05, 0.1) is 12.5 Å². The second-order valence-electron chi connectivity index (χ2n) is 8.01. The van der Waals surface area contributed by atoms with Crippen LogP contribution in [-0.2, 0) is 11.3 Å². The number of carboxylic acids is 1. The number of fused-ring (bicyclic) bond motifs is 1. The second kappa shape index (κ2) is 7.87. The van der Waals surface area contributed by atoms with Crippen LogP contribution < -0.4 is 10.6 Å². The standard InChI is InChI=1S/C23H27N3O3/c1-29-21-10-6-5-9-17(21)18-11-12-20(25-24)19-14-26(15-23(18,19)22(27)28)13-16-7-3-2-4-8-16/h2-10,18-19H,11-15,24H2,1H3,(H,27,28). The van der Waals surface area contributed by atoms with Crippen LogP contribution in [0.3, 0.4) is 0 Å². The van der Waals surface area contributed by atoms with Crippen LogP contribution in [0.4, 0.5) is 0 Å². The summed E-state index contributed by atoms with van der Waals surface area (Å²) in [7, 11) is 1.63. The molecule has 152 valence electrons. The Morgan fingerprint density at radius 2 is 1.93 bits per heavy atom. The fourth-order valence-electron chi connectivity index (χ4n) is 5.32. The molecule has 0 spiro atoms. The second-order valence-corrected chi connectivity index (χ2v) is 8.01. The van der Waals surface area contributed by atoms with Crippen molar-refractivity contribution in [2.45, 2.75) is 25.3 Å². The monoisotopic (exact) mass is 393 g/mol. The van der Waals surface area contributed by atoms with E-state index in [0.29, 0.717) is 32.5 Å². The van der Waals surface area contributed by atoms with E-state index in [4.69, 9.17) is 10.6 Å². The van der Waals surface area contributed by atoms with Crippen molar-refractivity contribution in [2.75, 3.05) is 20.2 Å². The lowest BCUT2D eigenvalue weighted by Gasteiger charge is -2.43. The smallest absolute Gasteiger partial charge is 0.312 e. The maximum absolute atomic E-state index is 12.8. The van der Waals surface area contributed by atoms with Crippen molar-refractivity contribution in [3.8, 4) is 5.75 Å². The molecule has 1 heterocycles. The van der Waals surface area contributed by atoms with Crippen molar-refractivity contribution in [1.29, 1.82) is 0 Å². The van der Waals surface area contributed by atoms with Crippen LogP contribution in [0.2, 0.25) is 0 Å². The van der Waals surface area contributed by atoms with Crippen LogP contribution in [0.1, 0.15) is 29.9 Å². The van der Waals surface area contributed by atoms with Crippen LogP contribution in [0.15, 0.2) is 59.7 Å². The maximum atomic E-state index is 12.8. The molecule has 2 aromatic carbocycles. The molecule has 1 aliphatic carbocycles. The Morgan fingerprint density at radius 3 is 2.62 bits per heavy atom. The van der Waals surface area contributed by atoms with E-state index >= 15 is 0 Å².